The number of hydrogen-bond acceptors (Lipinski definition) is 2. The molecule has 19 heavy (non-hydrogen) atoms. The number of nitrogens with zero attached hydrogens (tertiary/aromatic N) is 1. The van der Waals surface area contributed by atoms with E-state index in [0.29, 0.717) is 5.39 Å². The van der Waals surface area contributed by atoms with E-state index in [4.69, 9.17) is 5.73 Å². The molecule has 0 bridgehead atoms. The van der Waals surface area contributed by atoms with Crippen LogP contribution in [0.2, 0.25) is 0 Å². The van der Waals surface area contributed by atoms with Crippen molar-refractivity contribution >= 4 is 10.8 Å². The molecular formula is C16H13FN2. The molecule has 1 unspecified atom stereocenters. The van der Waals surface area contributed by atoms with E-state index in [1.165, 1.54) is 6.07 Å². The lowest BCUT2D eigenvalue weighted by molar-refractivity contribution is 0.639. The van der Waals surface area contributed by atoms with Crippen LogP contribution in [0.3, 0.4) is 0 Å². The highest BCUT2D eigenvalue weighted by atomic mass is 19.1. The first kappa shape index (κ1) is 11.8. The Kier molecular flexibility index (Phi) is 2.97. The molecular weight excluding hydrogens is 239 g/mol. The third-order valence-corrected chi connectivity index (χ3v) is 3.28. The van der Waals surface area contributed by atoms with Gasteiger partial charge in [0.1, 0.15) is 5.82 Å². The molecule has 2 N–H and O–H groups in total. The van der Waals surface area contributed by atoms with Crippen molar-refractivity contribution in [3.05, 3.63) is 77.9 Å². The third-order valence-electron chi connectivity index (χ3n) is 3.28. The van der Waals surface area contributed by atoms with E-state index in [0.717, 1.165) is 16.5 Å². The lowest BCUT2D eigenvalue weighted by atomic mass is 9.95. The molecule has 0 aliphatic rings. The van der Waals surface area contributed by atoms with Crippen LogP contribution in [0.5, 0.6) is 0 Å². The third kappa shape index (κ3) is 2.09. The number of fused-ring (bicyclic) bond motifs is 1. The van der Waals surface area contributed by atoms with Crippen molar-refractivity contribution in [2.75, 3.05) is 0 Å². The number of pyridine rings is 1. The second-order valence-corrected chi connectivity index (χ2v) is 4.45. The average Bonchev–Trinajstić information content (AvgIpc) is 2.48. The fourth-order valence-electron chi connectivity index (χ4n) is 2.30. The molecule has 2 aromatic carbocycles. The van der Waals surface area contributed by atoms with Crippen LogP contribution in [0.1, 0.15) is 17.2 Å². The smallest absolute Gasteiger partial charge is 0.131 e. The van der Waals surface area contributed by atoms with Gasteiger partial charge >= 0.3 is 0 Å². The Labute approximate surface area is 110 Å². The minimum absolute atomic E-state index is 0.224. The van der Waals surface area contributed by atoms with Gasteiger partial charge in [-0.15, -0.1) is 0 Å². The second-order valence-electron chi connectivity index (χ2n) is 4.45. The van der Waals surface area contributed by atoms with E-state index in [9.17, 15) is 4.39 Å². The predicted octanol–water partition coefficient (Wildman–Crippen LogP) is 3.42. The molecule has 1 heterocycles. The van der Waals surface area contributed by atoms with Crippen LogP contribution in [-0.4, -0.2) is 4.98 Å². The summed E-state index contributed by atoms with van der Waals surface area (Å²) in [5.41, 5.74) is 8.09. The Morgan fingerprint density at radius 2 is 1.74 bits per heavy atom. The van der Waals surface area contributed by atoms with Crippen LogP contribution in [0.4, 0.5) is 4.39 Å². The summed E-state index contributed by atoms with van der Waals surface area (Å²) in [6.45, 7) is 0. The summed E-state index contributed by atoms with van der Waals surface area (Å²) in [4.78, 5) is 4.07. The quantitative estimate of drug-likeness (QED) is 0.759. The van der Waals surface area contributed by atoms with Gasteiger partial charge < -0.3 is 5.73 Å². The summed E-state index contributed by atoms with van der Waals surface area (Å²) in [7, 11) is 0. The minimum Gasteiger partial charge on any atom is -0.320 e. The van der Waals surface area contributed by atoms with Crippen LogP contribution >= 0.6 is 0 Å². The molecule has 3 rings (SSSR count). The van der Waals surface area contributed by atoms with Gasteiger partial charge in [-0.25, -0.2) is 4.39 Å². The summed E-state index contributed by atoms with van der Waals surface area (Å²) >= 11 is 0. The average molecular weight is 252 g/mol. The van der Waals surface area contributed by atoms with Crippen LogP contribution in [0.15, 0.2) is 60.9 Å². The first-order valence-electron chi connectivity index (χ1n) is 6.10. The van der Waals surface area contributed by atoms with Crippen molar-refractivity contribution in [3.8, 4) is 0 Å². The van der Waals surface area contributed by atoms with Crippen molar-refractivity contribution in [3.63, 3.8) is 0 Å². The maximum Gasteiger partial charge on any atom is 0.131 e. The fourth-order valence-corrected chi connectivity index (χ4v) is 2.30. The van der Waals surface area contributed by atoms with Gasteiger partial charge in [0.05, 0.1) is 6.04 Å². The van der Waals surface area contributed by atoms with E-state index in [2.05, 4.69) is 4.98 Å². The van der Waals surface area contributed by atoms with Gasteiger partial charge in [-0.1, -0.05) is 36.4 Å². The summed E-state index contributed by atoms with van der Waals surface area (Å²) in [6.07, 6.45) is 3.45. The lowest BCUT2D eigenvalue weighted by Crippen LogP contribution is -2.12. The van der Waals surface area contributed by atoms with Gasteiger partial charge in [0.15, 0.2) is 0 Å². The van der Waals surface area contributed by atoms with Crippen molar-refractivity contribution in [1.82, 2.24) is 4.98 Å². The molecule has 0 aliphatic carbocycles. The standard InChI is InChI=1S/C16H13FN2/c17-15-8-7-14(12-5-1-2-6-13(12)15)16(18)11-4-3-9-19-10-11/h1-10,16H,18H2. The van der Waals surface area contributed by atoms with Crippen LogP contribution in [0.25, 0.3) is 10.8 Å². The zero-order valence-electron chi connectivity index (χ0n) is 10.3. The second kappa shape index (κ2) is 4.78. The molecule has 1 atom stereocenters. The zero-order chi connectivity index (χ0) is 13.2. The summed E-state index contributed by atoms with van der Waals surface area (Å²) in [5, 5.41) is 1.44. The molecule has 0 radical (unpaired) electrons. The van der Waals surface area contributed by atoms with E-state index in [-0.39, 0.29) is 11.9 Å². The van der Waals surface area contributed by atoms with Gasteiger partial charge in [-0.3, -0.25) is 4.98 Å². The Bertz CT molecular complexity index is 710. The van der Waals surface area contributed by atoms with E-state index in [1.807, 2.05) is 30.3 Å². The highest BCUT2D eigenvalue weighted by Crippen LogP contribution is 2.28. The van der Waals surface area contributed by atoms with Gasteiger partial charge in [0.2, 0.25) is 0 Å². The number of halogens is 1. The monoisotopic (exact) mass is 252 g/mol. The topological polar surface area (TPSA) is 38.9 Å². The summed E-state index contributed by atoms with van der Waals surface area (Å²) < 4.78 is 13.8. The Morgan fingerprint density at radius 1 is 0.947 bits per heavy atom. The Balaban J connectivity index is 2.18. The molecule has 0 spiro atoms. The van der Waals surface area contributed by atoms with Crippen molar-refractivity contribution < 1.29 is 4.39 Å². The maximum atomic E-state index is 13.8. The van der Waals surface area contributed by atoms with Crippen LogP contribution in [-0.2, 0) is 0 Å². The Morgan fingerprint density at radius 3 is 2.47 bits per heavy atom. The molecule has 0 fully saturated rings. The van der Waals surface area contributed by atoms with Crippen molar-refractivity contribution in [1.29, 1.82) is 0 Å². The molecule has 94 valence electrons. The lowest BCUT2D eigenvalue weighted by Gasteiger charge is -2.15. The number of benzene rings is 2. The molecule has 3 heteroatoms. The van der Waals surface area contributed by atoms with Gasteiger partial charge in [-0.2, -0.15) is 0 Å². The van der Waals surface area contributed by atoms with Crippen LogP contribution < -0.4 is 5.73 Å². The van der Waals surface area contributed by atoms with Gasteiger partial charge in [0.25, 0.3) is 0 Å². The van der Waals surface area contributed by atoms with Crippen molar-refractivity contribution in [2.45, 2.75) is 6.04 Å². The molecule has 3 aromatic rings. The molecule has 1 aromatic heterocycles. The van der Waals surface area contributed by atoms with E-state index < -0.39 is 0 Å². The van der Waals surface area contributed by atoms with Gasteiger partial charge in [-0.05, 0) is 28.6 Å². The van der Waals surface area contributed by atoms with E-state index >= 15 is 0 Å². The minimum atomic E-state index is -0.306. The molecule has 0 aliphatic heterocycles. The van der Waals surface area contributed by atoms with E-state index in [1.54, 1.807) is 24.5 Å². The molecule has 0 saturated carbocycles. The molecule has 0 amide bonds. The van der Waals surface area contributed by atoms with Crippen LogP contribution in [0, 0.1) is 5.82 Å². The highest BCUT2D eigenvalue weighted by Gasteiger charge is 2.13. The first-order chi connectivity index (χ1) is 9.27. The number of rotatable bonds is 2. The SMILES string of the molecule is NC(c1cccnc1)c1ccc(F)c2ccccc12. The summed E-state index contributed by atoms with van der Waals surface area (Å²) in [5.74, 6) is -0.224. The molecule has 2 nitrogen and oxygen atoms in total. The normalized spacial score (nSPS) is 12.5. The van der Waals surface area contributed by atoms with Gasteiger partial charge in [0, 0.05) is 17.8 Å². The fraction of sp³-hybridized carbons (Fsp3) is 0.0625. The predicted molar refractivity (Wildman–Crippen MR) is 74.2 cm³/mol. The maximum absolute atomic E-state index is 13.8. The summed E-state index contributed by atoms with van der Waals surface area (Å²) in [6, 6.07) is 14.1. The highest BCUT2D eigenvalue weighted by molar-refractivity contribution is 5.87. The number of aromatic nitrogens is 1. The zero-order valence-corrected chi connectivity index (χ0v) is 10.3. The number of nitrogens with two attached hydrogens (primary N) is 1. The largest absolute Gasteiger partial charge is 0.320 e. The van der Waals surface area contributed by atoms with Crippen molar-refractivity contribution in [2.24, 2.45) is 5.73 Å². The molecule has 0 saturated heterocycles. The first-order valence-corrected chi connectivity index (χ1v) is 6.10. The number of hydrogen-bond donors (Lipinski definition) is 1. The Hall–Kier alpha value is -2.26.